The van der Waals surface area contributed by atoms with Crippen molar-refractivity contribution >= 4 is 11.6 Å². The van der Waals surface area contributed by atoms with E-state index in [-0.39, 0.29) is 11.9 Å². The molecule has 1 aromatic carbocycles. The van der Waals surface area contributed by atoms with Crippen molar-refractivity contribution in [1.82, 2.24) is 5.32 Å². The second-order valence-electron chi connectivity index (χ2n) is 5.64. The molecule has 2 rings (SSSR count). The summed E-state index contributed by atoms with van der Waals surface area (Å²) in [6.07, 6.45) is 1.57. The molecule has 0 radical (unpaired) electrons. The maximum Gasteiger partial charge on any atom is 0.222 e. The molecule has 3 N–H and O–H groups in total. The second-order valence-corrected chi connectivity index (χ2v) is 5.64. The number of hydrogen-bond acceptors (Lipinski definition) is 3. The number of nitrogens with one attached hydrogen (secondary N) is 1. The molecule has 0 bridgehead atoms. The van der Waals surface area contributed by atoms with Crippen LogP contribution in [0.5, 0.6) is 0 Å². The molecular weight excluding hydrogens is 250 g/mol. The van der Waals surface area contributed by atoms with Crippen LogP contribution in [0.25, 0.3) is 0 Å². The van der Waals surface area contributed by atoms with Gasteiger partial charge in [-0.3, -0.25) is 4.79 Å². The number of amides is 1. The summed E-state index contributed by atoms with van der Waals surface area (Å²) in [5, 5.41) is 2.86. The lowest BCUT2D eigenvalue weighted by molar-refractivity contribution is -0.121. The lowest BCUT2D eigenvalue weighted by atomic mass is 9.92. The van der Waals surface area contributed by atoms with E-state index in [0.29, 0.717) is 25.4 Å². The van der Waals surface area contributed by atoms with Crippen molar-refractivity contribution in [3.05, 3.63) is 29.8 Å². The van der Waals surface area contributed by atoms with Gasteiger partial charge in [0.2, 0.25) is 5.91 Å². The molecule has 2 atom stereocenters. The number of hydrogen-bond donors (Lipinski definition) is 2. The number of benzene rings is 1. The predicted molar refractivity (Wildman–Crippen MR) is 82.8 cm³/mol. The van der Waals surface area contributed by atoms with Gasteiger partial charge in [0.15, 0.2) is 0 Å². The van der Waals surface area contributed by atoms with Gasteiger partial charge in [-0.1, -0.05) is 25.1 Å². The van der Waals surface area contributed by atoms with Gasteiger partial charge in [-0.05, 0) is 30.9 Å². The number of fused-ring (bicyclic) bond motifs is 1. The standard InChI is InChI=1S/C16H25N3O/c1-3-18-16(20)9-14(10-17)19-11-12(2)8-13-6-4-5-7-15(13)19/h4-7,12,14H,3,8-11,17H2,1-2H3,(H,18,20). The van der Waals surface area contributed by atoms with Crippen molar-refractivity contribution < 1.29 is 4.79 Å². The van der Waals surface area contributed by atoms with Gasteiger partial charge in [0, 0.05) is 37.8 Å². The molecule has 0 spiro atoms. The van der Waals surface area contributed by atoms with E-state index in [4.69, 9.17) is 5.73 Å². The van der Waals surface area contributed by atoms with Crippen LogP contribution in [0.2, 0.25) is 0 Å². The third-order valence-electron chi connectivity index (χ3n) is 3.89. The lowest BCUT2D eigenvalue weighted by Crippen LogP contribution is -2.48. The van der Waals surface area contributed by atoms with Crippen LogP contribution in [0.3, 0.4) is 0 Å². The Hall–Kier alpha value is -1.55. The SMILES string of the molecule is CCNC(=O)CC(CN)N1CC(C)Cc2ccccc21. The molecule has 1 aliphatic rings. The van der Waals surface area contributed by atoms with Crippen molar-refractivity contribution in [3.8, 4) is 0 Å². The van der Waals surface area contributed by atoms with Gasteiger partial charge in [0.1, 0.15) is 0 Å². The number of carbonyl (C=O) groups is 1. The van der Waals surface area contributed by atoms with E-state index in [9.17, 15) is 4.79 Å². The van der Waals surface area contributed by atoms with Crippen molar-refractivity contribution in [3.63, 3.8) is 0 Å². The van der Waals surface area contributed by atoms with Crippen LogP contribution in [0.15, 0.2) is 24.3 Å². The van der Waals surface area contributed by atoms with Gasteiger partial charge in [-0.15, -0.1) is 0 Å². The van der Waals surface area contributed by atoms with Crippen molar-refractivity contribution in [1.29, 1.82) is 0 Å². The van der Waals surface area contributed by atoms with Crippen molar-refractivity contribution in [2.24, 2.45) is 11.7 Å². The van der Waals surface area contributed by atoms with E-state index >= 15 is 0 Å². The summed E-state index contributed by atoms with van der Waals surface area (Å²) in [7, 11) is 0. The summed E-state index contributed by atoms with van der Waals surface area (Å²) in [5.74, 6) is 0.673. The van der Waals surface area contributed by atoms with Crippen LogP contribution in [-0.4, -0.2) is 31.6 Å². The molecular formula is C16H25N3O. The highest BCUT2D eigenvalue weighted by Gasteiger charge is 2.27. The highest BCUT2D eigenvalue weighted by Crippen LogP contribution is 2.31. The third kappa shape index (κ3) is 3.31. The van der Waals surface area contributed by atoms with Gasteiger partial charge < -0.3 is 16.0 Å². The van der Waals surface area contributed by atoms with E-state index in [1.54, 1.807) is 0 Å². The maximum atomic E-state index is 11.9. The van der Waals surface area contributed by atoms with Gasteiger partial charge in [-0.2, -0.15) is 0 Å². The fourth-order valence-electron chi connectivity index (χ4n) is 2.99. The summed E-state index contributed by atoms with van der Waals surface area (Å²) in [4.78, 5) is 14.2. The summed E-state index contributed by atoms with van der Waals surface area (Å²) in [6.45, 7) is 6.33. The number of para-hydroxylation sites is 1. The summed E-state index contributed by atoms with van der Waals surface area (Å²) in [5.41, 5.74) is 8.53. The minimum Gasteiger partial charge on any atom is -0.366 e. The van der Waals surface area contributed by atoms with Crippen LogP contribution in [-0.2, 0) is 11.2 Å². The van der Waals surface area contributed by atoms with E-state index in [1.807, 2.05) is 6.92 Å². The first-order valence-corrected chi connectivity index (χ1v) is 7.47. The number of anilines is 1. The van der Waals surface area contributed by atoms with Crippen LogP contribution in [0, 0.1) is 5.92 Å². The summed E-state index contributed by atoms with van der Waals surface area (Å²) >= 11 is 0. The van der Waals surface area contributed by atoms with Gasteiger partial charge >= 0.3 is 0 Å². The Kier molecular flexibility index (Phi) is 5.01. The zero-order chi connectivity index (χ0) is 14.5. The largest absolute Gasteiger partial charge is 0.366 e. The molecule has 0 saturated heterocycles. The van der Waals surface area contributed by atoms with Crippen LogP contribution >= 0.6 is 0 Å². The van der Waals surface area contributed by atoms with E-state index < -0.39 is 0 Å². The fraction of sp³-hybridized carbons (Fsp3) is 0.562. The Morgan fingerprint density at radius 2 is 2.25 bits per heavy atom. The third-order valence-corrected chi connectivity index (χ3v) is 3.89. The minimum atomic E-state index is 0.0745. The van der Waals surface area contributed by atoms with Gasteiger partial charge in [0.25, 0.3) is 0 Å². The number of rotatable bonds is 5. The van der Waals surface area contributed by atoms with Crippen LogP contribution in [0.1, 0.15) is 25.8 Å². The maximum absolute atomic E-state index is 11.9. The molecule has 110 valence electrons. The number of nitrogens with two attached hydrogens (primary N) is 1. The monoisotopic (exact) mass is 275 g/mol. The number of nitrogens with zero attached hydrogens (tertiary/aromatic N) is 1. The Balaban J connectivity index is 2.19. The minimum absolute atomic E-state index is 0.0745. The van der Waals surface area contributed by atoms with Crippen LogP contribution < -0.4 is 16.0 Å². The van der Waals surface area contributed by atoms with Gasteiger partial charge in [0.05, 0.1) is 0 Å². The summed E-state index contributed by atoms with van der Waals surface area (Å²) < 4.78 is 0. The van der Waals surface area contributed by atoms with E-state index in [2.05, 4.69) is 41.4 Å². The Morgan fingerprint density at radius 3 is 2.95 bits per heavy atom. The molecule has 1 aliphatic heterocycles. The Labute approximate surface area is 121 Å². The number of carbonyl (C=O) groups excluding carboxylic acids is 1. The van der Waals surface area contributed by atoms with Gasteiger partial charge in [-0.25, -0.2) is 0 Å². The molecule has 20 heavy (non-hydrogen) atoms. The fourth-order valence-corrected chi connectivity index (χ4v) is 2.99. The summed E-state index contributed by atoms with van der Waals surface area (Å²) in [6, 6.07) is 8.53. The first-order valence-electron chi connectivity index (χ1n) is 7.47. The molecule has 4 heteroatoms. The topological polar surface area (TPSA) is 58.4 Å². The first kappa shape index (κ1) is 14.9. The quantitative estimate of drug-likeness (QED) is 0.857. The molecule has 2 unspecified atom stereocenters. The normalized spacial score (nSPS) is 19.4. The Bertz CT molecular complexity index is 461. The zero-order valence-corrected chi connectivity index (χ0v) is 12.4. The first-order chi connectivity index (χ1) is 9.65. The molecule has 4 nitrogen and oxygen atoms in total. The molecule has 0 aromatic heterocycles. The van der Waals surface area contributed by atoms with Crippen molar-refractivity contribution in [2.75, 3.05) is 24.5 Å². The second kappa shape index (κ2) is 6.75. The molecule has 0 saturated carbocycles. The average molecular weight is 275 g/mol. The molecule has 1 aromatic rings. The van der Waals surface area contributed by atoms with Crippen LogP contribution in [0.4, 0.5) is 5.69 Å². The zero-order valence-electron chi connectivity index (χ0n) is 12.4. The Morgan fingerprint density at radius 1 is 1.50 bits per heavy atom. The molecule has 1 amide bonds. The smallest absolute Gasteiger partial charge is 0.222 e. The predicted octanol–water partition coefficient (Wildman–Crippen LogP) is 1.54. The highest BCUT2D eigenvalue weighted by atomic mass is 16.1. The van der Waals surface area contributed by atoms with Crippen molar-refractivity contribution in [2.45, 2.75) is 32.7 Å². The molecule has 0 aliphatic carbocycles. The average Bonchev–Trinajstić information content (AvgIpc) is 2.44. The highest BCUT2D eigenvalue weighted by molar-refractivity contribution is 5.77. The lowest BCUT2D eigenvalue weighted by Gasteiger charge is -2.40. The molecule has 0 fully saturated rings. The van der Waals surface area contributed by atoms with E-state index in [1.165, 1.54) is 11.3 Å². The van der Waals surface area contributed by atoms with E-state index in [0.717, 1.165) is 13.0 Å². The molecule has 1 heterocycles.